The Hall–Kier alpha value is -3.71. The van der Waals surface area contributed by atoms with Gasteiger partial charge in [-0.2, -0.15) is 0 Å². The minimum Gasteiger partial charge on any atom is -0.494 e. The Morgan fingerprint density at radius 2 is 1.54 bits per heavy atom. The molecule has 3 N–H and O–H groups in total. The van der Waals surface area contributed by atoms with Crippen LogP contribution in [0.2, 0.25) is 0 Å². The highest BCUT2D eigenvalue weighted by molar-refractivity contribution is 7.80. The van der Waals surface area contributed by atoms with E-state index in [-0.39, 0.29) is 23.0 Å². The van der Waals surface area contributed by atoms with E-state index in [9.17, 15) is 9.59 Å². The van der Waals surface area contributed by atoms with E-state index in [0.29, 0.717) is 35.1 Å². The van der Waals surface area contributed by atoms with Gasteiger partial charge in [0.1, 0.15) is 5.75 Å². The van der Waals surface area contributed by atoms with Crippen molar-refractivity contribution in [2.24, 2.45) is 5.92 Å². The van der Waals surface area contributed by atoms with Gasteiger partial charge < -0.3 is 15.4 Å². The van der Waals surface area contributed by atoms with Gasteiger partial charge in [0.25, 0.3) is 11.8 Å². The second-order valence-electron chi connectivity index (χ2n) is 8.65. The molecule has 3 aromatic carbocycles. The maximum absolute atomic E-state index is 12.7. The topological polar surface area (TPSA) is 79.5 Å². The van der Waals surface area contributed by atoms with Gasteiger partial charge in [-0.05, 0) is 73.4 Å². The standard InChI is InChI=1S/C28H31N3O3S/c1-19(2)15-16-34-25-14-8-12-23(18-25)27(33)31-28(35)30-24-13-7-11-22(17-24)26(32)29-20(3)21-9-5-4-6-10-21/h4-14,17-20H,15-16H2,1-3H3,(H,29,32)(H2,30,31,33,35). The Morgan fingerprint density at radius 3 is 2.26 bits per heavy atom. The van der Waals surface area contributed by atoms with Gasteiger partial charge in [-0.25, -0.2) is 0 Å². The number of carbonyl (C=O) groups is 2. The van der Waals surface area contributed by atoms with Crippen molar-refractivity contribution in [3.8, 4) is 5.75 Å². The molecular formula is C28H31N3O3S. The Morgan fingerprint density at radius 1 is 0.857 bits per heavy atom. The zero-order chi connectivity index (χ0) is 25.2. The average molecular weight is 490 g/mol. The molecule has 35 heavy (non-hydrogen) atoms. The zero-order valence-corrected chi connectivity index (χ0v) is 21.0. The Balaban J connectivity index is 1.56. The van der Waals surface area contributed by atoms with Crippen LogP contribution in [-0.4, -0.2) is 23.5 Å². The molecule has 0 spiro atoms. The number of anilines is 1. The first kappa shape index (κ1) is 25.9. The highest BCUT2D eigenvalue weighted by Gasteiger charge is 2.13. The Kier molecular flexibility index (Phi) is 9.38. The van der Waals surface area contributed by atoms with Gasteiger partial charge in [0.15, 0.2) is 5.11 Å². The van der Waals surface area contributed by atoms with E-state index in [1.165, 1.54) is 0 Å². The largest absolute Gasteiger partial charge is 0.494 e. The van der Waals surface area contributed by atoms with Gasteiger partial charge in [0.2, 0.25) is 0 Å². The third-order valence-corrected chi connectivity index (χ3v) is 5.52. The molecule has 0 fully saturated rings. The predicted octanol–water partition coefficient (Wildman–Crippen LogP) is 5.73. The molecule has 3 rings (SSSR count). The summed E-state index contributed by atoms with van der Waals surface area (Å²) in [7, 11) is 0. The number of ether oxygens (including phenoxy) is 1. The summed E-state index contributed by atoms with van der Waals surface area (Å²) in [6.07, 6.45) is 0.937. The SMILES string of the molecule is CC(C)CCOc1cccc(C(=O)NC(=S)Nc2cccc(C(=O)NC(C)c3ccccc3)c2)c1. The molecule has 7 heteroatoms. The highest BCUT2D eigenvalue weighted by Crippen LogP contribution is 2.16. The lowest BCUT2D eigenvalue weighted by Crippen LogP contribution is -2.34. The second-order valence-corrected chi connectivity index (χ2v) is 9.06. The molecule has 6 nitrogen and oxygen atoms in total. The number of nitrogens with one attached hydrogen (secondary N) is 3. The number of benzene rings is 3. The molecule has 3 aromatic rings. The van der Waals surface area contributed by atoms with Gasteiger partial charge in [-0.3, -0.25) is 14.9 Å². The first-order valence-electron chi connectivity index (χ1n) is 11.6. The van der Waals surface area contributed by atoms with Crippen molar-refractivity contribution in [2.75, 3.05) is 11.9 Å². The van der Waals surface area contributed by atoms with Crippen LogP contribution in [0.25, 0.3) is 0 Å². The fourth-order valence-corrected chi connectivity index (χ4v) is 3.53. The van der Waals surface area contributed by atoms with E-state index < -0.39 is 0 Å². The van der Waals surface area contributed by atoms with Crippen molar-refractivity contribution < 1.29 is 14.3 Å². The Bertz CT molecular complexity index is 1160. The molecule has 182 valence electrons. The maximum atomic E-state index is 12.7. The third-order valence-electron chi connectivity index (χ3n) is 5.32. The molecule has 0 bridgehead atoms. The molecule has 1 atom stereocenters. The second kappa shape index (κ2) is 12.7. The fourth-order valence-electron chi connectivity index (χ4n) is 3.32. The van der Waals surface area contributed by atoms with E-state index in [0.717, 1.165) is 12.0 Å². The summed E-state index contributed by atoms with van der Waals surface area (Å²) in [5.41, 5.74) is 2.55. The van der Waals surface area contributed by atoms with Crippen molar-refractivity contribution in [3.05, 3.63) is 95.6 Å². The molecule has 0 saturated carbocycles. The van der Waals surface area contributed by atoms with Gasteiger partial charge in [-0.1, -0.05) is 56.3 Å². The number of rotatable bonds is 9. The van der Waals surface area contributed by atoms with Crippen LogP contribution in [0.15, 0.2) is 78.9 Å². The smallest absolute Gasteiger partial charge is 0.257 e. The van der Waals surface area contributed by atoms with Crippen molar-refractivity contribution in [1.29, 1.82) is 0 Å². The van der Waals surface area contributed by atoms with Crippen molar-refractivity contribution in [2.45, 2.75) is 33.2 Å². The molecular weight excluding hydrogens is 458 g/mol. The van der Waals surface area contributed by atoms with E-state index in [4.69, 9.17) is 17.0 Å². The molecule has 0 aliphatic rings. The first-order chi connectivity index (χ1) is 16.8. The zero-order valence-electron chi connectivity index (χ0n) is 20.2. The molecule has 0 radical (unpaired) electrons. The van der Waals surface area contributed by atoms with E-state index in [2.05, 4.69) is 29.8 Å². The Labute approximate surface area is 212 Å². The quantitative estimate of drug-likeness (QED) is 0.335. The molecule has 0 aliphatic carbocycles. The molecule has 0 heterocycles. The summed E-state index contributed by atoms with van der Waals surface area (Å²) >= 11 is 5.31. The number of hydrogen-bond acceptors (Lipinski definition) is 4. The summed E-state index contributed by atoms with van der Waals surface area (Å²) in [6.45, 7) is 6.80. The monoisotopic (exact) mass is 489 g/mol. The van der Waals surface area contributed by atoms with Crippen LogP contribution in [0.4, 0.5) is 5.69 Å². The average Bonchev–Trinajstić information content (AvgIpc) is 2.84. The first-order valence-corrected chi connectivity index (χ1v) is 12.0. The van der Waals surface area contributed by atoms with Gasteiger partial charge >= 0.3 is 0 Å². The van der Waals surface area contributed by atoms with Crippen LogP contribution in [0.1, 0.15) is 59.5 Å². The van der Waals surface area contributed by atoms with Crippen molar-refractivity contribution >= 4 is 34.8 Å². The highest BCUT2D eigenvalue weighted by atomic mass is 32.1. The number of hydrogen-bond donors (Lipinski definition) is 3. The third kappa shape index (κ3) is 8.22. The van der Waals surface area contributed by atoms with Crippen molar-refractivity contribution in [1.82, 2.24) is 10.6 Å². The van der Waals surface area contributed by atoms with Crippen LogP contribution in [0, 0.1) is 5.92 Å². The van der Waals surface area contributed by atoms with Gasteiger partial charge in [0.05, 0.1) is 12.6 Å². The number of thiocarbonyl (C=S) groups is 1. The van der Waals surface area contributed by atoms with Gasteiger partial charge in [0, 0.05) is 16.8 Å². The van der Waals surface area contributed by atoms with Crippen LogP contribution in [0.3, 0.4) is 0 Å². The fraction of sp³-hybridized carbons (Fsp3) is 0.250. The van der Waals surface area contributed by atoms with Crippen LogP contribution in [-0.2, 0) is 0 Å². The molecule has 0 aromatic heterocycles. The summed E-state index contributed by atoms with van der Waals surface area (Å²) in [5.74, 6) is 0.638. The lowest BCUT2D eigenvalue weighted by molar-refractivity contribution is 0.0938. The maximum Gasteiger partial charge on any atom is 0.257 e. The van der Waals surface area contributed by atoms with Crippen LogP contribution >= 0.6 is 12.2 Å². The minimum atomic E-state index is -0.345. The van der Waals surface area contributed by atoms with Crippen molar-refractivity contribution in [3.63, 3.8) is 0 Å². The molecule has 1 unspecified atom stereocenters. The summed E-state index contributed by atoms with van der Waals surface area (Å²) in [6, 6.07) is 23.6. The van der Waals surface area contributed by atoms with Gasteiger partial charge in [-0.15, -0.1) is 0 Å². The lowest BCUT2D eigenvalue weighted by Gasteiger charge is -2.15. The van der Waals surface area contributed by atoms with E-state index in [1.807, 2.05) is 43.3 Å². The predicted molar refractivity (Wildman–Crippen MR) is 144 cm³/mol. The summed E-state index contributed by atoms with van der Waals surface area (Å²) in [4.78, 5) is 25.4. The van der Waals surface area contributed by atoms with E-state index in [1.54, 1.807) is 42.5 Å². The number of carbonyl (C=O) groups excluding carboxylic acids is 2. The molecule has 0 aliphatic heterocycles. The number of amides is 2. The van der Waals surface area contributed by atoms with Crippen LogP contribution in [0.5, 0.6) is 5.75 Å². The molecule has 0 saturated heterocycles. The summed E-state index contributed by atoms with van der Waals surface area (Å²) < 4.78 is 5.73. The summed E-state index contributed by atoms with van der Waals surface area (Å²) in [5, 5.41) is 8.77. The van der Waals surface area contributed by atoms with E-state index >= 15 is 0 Å². The normalized spacial score (nSPS) is 11.4. The minimum absolute atomic E-state index is 0.134. The molecule has 2 amide bonds. The lowest BCUT2D eigenvalue weighted by atomic mass is 10.1. The van der Waals surface area contributed by atoms with Crippen LogP contribution < -0.4 is 20.7 Å².